The van der Waals surface area contributed by atoms with Gasteiger partial charge >= 0.3 is 7.82 Å². The maximum Gasteiger partial charge on any atom is 0.472 e. The molecule has 1 aliphatic carbocycles. The molecule has 7 atom stereocenters. The predicted octanol–water partition coefficient (Wildman–Crippen LogP) is 7.43. The van der Waals surface area contributed by atoms with E-state index in [0.29, 0.717) is 17.7 Å². The molecule has 1 aliphatic heterocycles. The molecule has 16 heteroatoms. The molecule has 0 amide bonds. The van der Waals surface area contributed by atoms with Gasteiger partial charge in [-0.3, -0.25) is 9.05 Å². The molecule has 14 nitrogen and oxygen atoms in total. The SMILES string of the molecule is CCCCCCCCCCCCCCCCCCOC[C@H](COP(=O)(O)O[C@H]1C[C@]12O[C@@](C#N)(c1ccc3c(N)ncnn13)[C@H](O)[C@@H]2O)OCc1ccccc1F. The molecule has 5 rings (SSSR count). The minimum atomic E-state index is -4.81. The fraction of sp³-hybridized carbons (Fsp3) is 0.683. The van der Waals surface area contributed by atoms with Gasteiger partial charge in [-0.2, -0.15) is 10.4 Å². The number of nitrogen functional groups attached to an aromatic ring is 1. The highest BCUT2D eigenvalue weighted by molar-refractivity contribution is 7.47. The van der Waals surface area contributed by atoms with Crippen molar-refractivity contribution < 1.29 is 47.3 Å². The molecule has 3 aromatic rings. The number of phosphoric ester groups is 1. The van der Waals surface area contributed by atoms with Crippen LogP contribution in [-0.2, 0) is 40.0 Å². The lowest BCUT2D eigenvalue weighted by atomic mass is 9.92. The van der Waals surface area contributed by atoms with Crippen molar-refractivity contribution >= 4 is 19.2 Å². The summed E-state index contributed by atoms with van der Waals surface area (Å²) in [6.07, 6.45) is 15.8. The number of unbranched alkanes of at least 4 members (excludes halogenated alkanes) is 15. The van der Waals surface area contributed by atoms with Gasteiger partial charge in [-0.1, -0.05) is 121 Å². The molecule has 3 heterocycles. The fourth-order valence-corrected chi connectivity index (χ4v) is 8.56. The van der Waals surface area contributed by atoms with E-state index in [1.165, 1.54) is 106 Å². The second kappa shape index (κ2) is 21.8. The van der Waals surface area contributed by atoms with Gasteiger partial charge in [0.2, 0.25) is 5.60 Å². The highest BCUT2D eigenvalue weighted by Gasteiger charge is 2.76. The first-order valence-electron chi connectivity index (χ1n) is 20.7. The second-order valence-electron chi connectivity index (χ2n) is 15.4. The number of nitriles is 1. The van der Waals surface area contributed by atoms with Crippen LogP contribution in [0.15, 0.2) is 42.7 Å². The van der Waals surface area contributed by atoms with Crippen molar-refractivity contribution in [3.8, 4) is 6.07 Å². The summed E-state index contributed by atoms with van der Waals surface area (Å²) in [6.45, 7) is 2.20. The number of ether oxygens (including phenoxy) is 3. The number of hydrogen-bond acceptors (Lipinski definition) is 12. The zero-order valence-corrected chi connectivity index (χ0v) is 34.1. The van der Waals surface area contributed by atoms with Crippen LogP contribution in [0.5, 0.6) is 0 Å². The Morgan fingerprint density at radius 2 is 1.60 bits per heavy atom. The number of halogens is 1. The summed E-state index contributed by atoms with van der Waals surface area (Å²) in [5.74, 6) is -0.323. The van der Waals surface area contributed by atoms with Crippen molar-refractivity contribution in [3.63, 3.8) is 0 Å². The number of aliphatic hydroxyl groups excluding tert-OH is 2. The quantitative estimate of drug-likeness (QED) is 0.0416. The molecule has 1 saturated carbocycles. The van der Waals surface area contributed by atoms with E-state index in [0.717, 1.165) is 19.3 Å². The van der Waals surface area contributed by atoms with E-state index in [4.69, 9.17) is 29.0 Å². The van der Waals surface area contributed by atoms with Crippen LogP contribution < -0.4 is 5.73 Å². The van der Waals surface area contributed by atoms with E-state index in [2.05, 4.69) is 17.0 Å². The number of nitrogens with two attached hydrogens (primary N) is 1. The standard InChI is InChI=1S/C41H61FN5O9P/c1-2-3-4-5-6-7-8-9-10-11-12-13-14-15-16-19-24-52-27-32(53-26-31-20-17-18-21-33(31)42)28-54-57(50,51)55-36-25-40(36)37(48)38(49)41(29-43,56-40)35-23-22-34-39(44)45-30-46-47(34)35/h17-18,20-23,30,32,36-38,48-49H,2-16,19,24-28H2,1H3,(H,50,51)(H2,44,45,46)/t32-,36+,37+,38-,40+,41+/m1/s1. The maximum absolute atomic E-state index is 14.3. The van der Waals surface area contributed by atoms with Gasteiger partial charge in [0, 0.05) is 18.6 Å². The van der Waals surface area contributed by atoms with Crippen molar-refractivity contribution in [3.05, 3.63) is 59.8 Å². The van der Waals surface area contributed by atoms with Gasteiger partial charge in [-0.15, -0.1) is 0 Å². The number of rotatable bonds is 28. The van der Waals surface area contributed by atoms with E-state index in [-0.39, 0.29) is 31.1 Å². The Hall–Kier alpha value is -3.03. The van der Waals surface area contributed by atoms with Crippen molar-refractivity contribution in [1.29, 1.82) is 5.26 Å². The third-order valence-corrected chi connectivity index (χ3v) is 12.0. The van der Waals surface area contributed by atoms with Crippen LogP contribution in [0.2, 0.25) is 0 Å². The first-order chi connectivity index (χ1) is 27.6. The third kappa shape index (κ3) is 12.0. The van der Waals surface area contributed by atoms with Crippen LogP contribution in [0.4, 0.5) is 10.2 Å². The molecule has 316 valence electrons. The average Bonchev–Trinajstić information content (AvgIpc) is 3.57. The normalized spacial score (nSPS) is 24.5. The largest absolute Gasteiger partial charge is 0.472 e. The number of phosphoric acid groups is 1. The summed E-state index contributed by atoms with van der Waals surface area (Å²) in [5.41, 5.74) is 2.88. The van der Waals surface area contributed by atoms with E-state index >= 15 is 0 Å². The molecule has 2 aromatic heterocycles. The van der Waals surface area contributed by atoms with Crippen molar-refractivity contribution in [2.24, 2.45) is 0 Å². The highest BCUT2D eigenvalue weighted by Crippen LogP contribution is 2.62. The van der Waals surface area contributed by atoms with Crippen LogP contribution in [0.25, 0.3) is 5.52 Å². The van der Waals surface area contributed by atoms with E-state index in [1.54, 1.807) is 24.3 Å². The third-order valence-electron chi connectivity index (χ3n) is 11.0. The molecule has 1 spiro atoms. The van der Waals surface area contributed by atoms with Gasteiger partial charge in [0.15, 0.2) is 5.82 Å². The Bertz CT molecular complexity index is 1780. The number of aromatic nitrogens is 3. The van der Waals surface area contributed by atoms with Crippen LogP contribution in [0, 0.1) is 17.1 Å². The van der Waals surface area contributed by atoms with Crippen molar-refractivity contribution in [2.45, 2.75) is 158 Å². The van der Waals surface area contributed by atoms with Gasteiger partial charge < -0.3 is 35.1 Å². The molecule has 1 aromatic carbocycles. The number of hydrogen-bond donors (Lipinski definition) is 4. The average molecular weight is 818 g/mol. The van der Waals surface area contributed by atoms with Crippen LogP contribution in [0.1, 0.15) is 127 Å². The van der Waals surface area contributed by atoms with E-state index in [1.807, 2.05) is 6.07 Å². The Labute approximate surface area is 335 Å². The molecular formula is C41H61FN5O9P. The van der Waals surface area contributed by atoms with Crippen molar-refractivity contribution in [1.82, 2.24) is 14.6 Å². The summed E-state index contributed by atoms with van der Waals surface area (Å²) < 4.78 is 57.4. The molecule has 0 bridgehead atoms. The van der Waals surface area contributed by atoms with Crippen LogP contribution in [0.3, 0.4) is 0 Å². The molecule has 0 radical (unpaired) electrons. The van der Waals surface area contributed by atoms with Gasteiger partial charge in [0.05, 0.1) is 25.5 Å². The molecule has 1 unspecified atom stereocenters. The van der Waals surface area contributed by atoms with Gasteiger partial charge in [-0.05, 0) is 24.6 Å². The Morgan fingerprint density at radius 3 is 2.23 bits per heavy atom. The van der Waals surface area contributed by atoms with Gasteiger partial charge in [0.1, 0.15) is 53.7 Å². The summed E-state index contributed by atoms with van der Waals surface area (Å²) in [5, 5.41) is 36.6. The summed E-state index contributed by atoms with van der Waals surface area (Å²) in [4.78, 5) is 14.6. The summed E-state index contributed by atoms with van der Waals surface area (Å²) >= 11 is 0. The number of aliphatic hydroxyl groups is 2. The Kier molecular flexibility index (Phi) is 17.3. The van der Waals surface area contributed by atoms with E-state index in [9.17, 15) is 29.3 Å². The maximum atomic E-state index is 14.3. The molecule has 1 saturated heterocycles. The monoisotopic (exact) mass is 817 g/mol. The predicted molar refractivity (Wildman–Crippen MR) is 211 cm³/mol. The van der Waals surface area contributed by atoms with E-state index < -0.39 is 55.9 Å². The number of fused-ring (bicyclic) bond motifs is 1. The summed E-state index contributed by atoms with van der Waals surface area (Å²) in [7, 11) is -4.81. The van der Waals surface area contributed by atoms with Crippen molar-refractivity contribution in [2.75, 3.05) is 25.6 Å². The zero-order valence-electron chi connectivity index (χ0n) is 33.2. The minimum absolute atomic E-state index is 0.0264. The Morgan fingerprint density at radius 1 is 0.965 bits per heavy atom. The van der Waals surface area contributed by atoms with Crippen LogP contribution >= 0.6 is 7.82 Å². The molecule has 57 heavy (non-hydrogen) atoms. The van der Waals surface area contributed by atoms with Crippen LogP contribution in [-0.4, -0.2) is 79.5 Å². The number of benzene rings is 1. The second-order valence-corrected chi connectivity index (χ2v) is 16.8. The molecule has 2 fully saturated rings. The minimum Gasteiger partial charge on any atom is -0.387 e. The molecule has 2 aliphatic rings. The smallest absolute Gasteiger partial charge is 0.387 e. The zero-order chi connectivity index (χ0) is 40.7. The number of nitrogens with zero attached hydrogens (tertiary/aromatic N) is 4. The first-order valence-corrected chi connectivity index (χ1v) is 22.2. The lowest BCUT2D eigenvalue weighted by Crippen LogP contribution is -2.41. The van der Waals surface area contributed by atoms with Gasteiger partial charge in [0.25, 0.3) is 0 Å². The highest BCUT2D eigenvalue weighted by atomic mass is 31.2. The Balaban J connectivity index is 1.04. The number of anilines is 1. The molecular weight excluding hydrogens is 756 g/mol. The topological polar surface area (TPSA) is 204 Å². The molecule has 5 N–H and O–H groups in total. The lowest BCUT2D eigenvalue weighted by molar-refractivity contribution is -0.0779. The first kappa shape index (κ1) is 45.1. The fourth-order valence-electron chi connectivity index (χ4n) is 7.57. The van der Waals surface area contributed by atoms with Gasteiger partial charge in [-0.25, -0.2) is 18.5 Å². The summed E-state index contributed by atoms with van der Waals surface area (Å²) in [6, 6.07) is 11.1. The lowest BCUT2D eigenvalue weighted by Gasteiger charge is -2.24.